The fourth-order valence-corrected chi connectivity index (χ4v) is 1.70. The van der Waals surface area contributed by atoms with Crippen LogP contribution in [0.4, 0.5) is 0 Å². The molecule has 3 N–H and O–H groups in total. The summed E-state index contributed by atoms with van der Waals surface area (Å²) in [6, 6.07) is 1.96. The molecular weight excluding hydrogens is 206 g/mol. The third kappa shape index (κ3) is 3.06. The first-order chi connectivity index (χ1) is 7.58. The van der Waals surface area contributed by atoms with Crippen molar-refractivity contribution in [3.8, 4) is 0 Å². The fraction of sp³-hybridized carbons (Fsp3) is 0.636. The van der Waals surface area contributed by atoms with E-state index in [2.05, 4.69) is 5.10 Å². The van der Waals surface area contributed by atoms with Gasteiger partial charge in [0.25, 0.3) is 0 Å². The molecule has 0 aliphatic rings. The van der Waals surface area contributed by atoms with Gasteiger partial charge < -0.3 is 10.8 Å². The molecule has 5 heteroatoms. The van der Waals surface area contributed by atoms with Crippen molar-refractivity contribution < 1.29 is 9.90 Å². The Morgan fingerprint density at radius 3 is 2.81 bits per heavy atom. The molecule has 1 aromatic rings. The summed E-state index contributed by atoms with van der Waals surface area (Å²) in [6.45, 7) is 2.43. The smallest absolute Gasteiger partial charge is 0.306 e. The van der Waals surface area contributed by atoms with Crippen molar-refractivity contribution in [1.82, 2.24) is 9.78 Å². The maximum atomic E-state index is 11.0. The van der Waals surface area contributed by atoms with Gasteiger partial charge >= 0.3 is 5.97 Å². The highest BCUT2D eigenvalue weighted by Crippen LogP contribution is 2.13. The minimum Gasteiger partial charge on any atom is -0.481 e. The van der Waals surface area contributed by atoms with Crippen LogP contribution >= 0.6 is 0 Å². The molecule has 0 saturated carbocycles. The van der Waals surface area contributed by atoms with Crippen molar-refractivity contribution in [2.24, 2.45) is 18.7 Å². The lowest BCUT2D eigenvalue weighted by Crippen LogP contribution is -2.21. The Hall–Kier alpha value is -1.36. The van der Waals surface area contributed by atoms with Crippen LogP contribution < -0.4 is 5.73 Å². The largest absolute Gasteiger partial charge is 0.481 e. The van der Waals surface area contributed by atoms with Crippen molar-refractivity contribution >= 4 is 5.97 Å². The minimum atomic E-state index is -0.787. The highest BCUT2D eigenvalue weighted by atomic mass is 16.4. The van der Waals surface area contributed by atoms with Crippen molar-refractivity contribution in [3.63, 3.8) is 0 Å². The van der Waals surface area contributed by atoms with Crippen molar-refractivity contribution in [2.75, 3.05) is 6.54 Å². The van der Waals surface area contributed by atoms with Crippen molar-refractivity contribution in [3.05, 3.63) is 17.5 Å². The predicted molar refractivity (Wildman–Crippen MR) is 61.1 cm³/mol. The van der Waals surface area contributed by atoms with Crippen molar-refractivity contribution in [2.45, 2.75) is 26.2 Å². The lowest BCUT2D eigenvalue weighted by atomic mass is 9.99. The molecule has 1 aromatic heterocycles. The average Bonchev–Trinajstić information content (AvgIpc) is 2.59. The number of rotatable bonds is 6. The summed E-state index contributed by atoms with van der Waals surface area (Å²) in [4.78, 5) is 11.0. The van der Waals surface area contributed by atoms with Gasteiger partial charge in [-0.2, -0.15) is 5.10 Å². The number of hydrogen-bond donors (Lipinski definition) is 2. The first-order valence-corrected chi connectivity index (χ1v) is 5.53. The SMILES string of the molecule is CCc1cc(CC(CCN)C(=O)O)n(C)n1. The molecule has 1 rings (SSSR count). The van der Waals surface area contributed by atoms with E-state index in [1.807, 2.05) is 20.0 Å². The van der Waals surface area contributed by atoms with Gasteiger partial charge in [-0.25, -0.2) is 0 Å². The van der Waals surface area contributed by atoms with Crippen LogP contribution in [-0.4, -0.2) is 27.4 Å². The normalized spacial score (nSPS) is 12.7. The Morgan fingerprint density at radius 1 is 1.69 bits per heavy atom. The van der Waals surface area contributed by atoms with Gasteiger partial charge in [-0.3, -0.25) is 9.48 Å². The molecule has 1 heterocycles. The second-order valence-corrected chi connectivity index (χ2v) is 3.92. The Bertz CT molecular complexity index is 360. The monoisotopic (exact) mass is 225 g/mol. The second-order valence-electron chi connectivity index (χ2n) is 3.92. The van der Waals surface area contributed by atoms with Crippen LogP contribution in [-0.2, 0) is 24.7 Å². The van der Waals surface area contributed by atoms with Gasteiger partial charge in [-0.05, 0) is 25.5 Å². The van der Waals surface area contributed by atoms with E-state index in [4.69, 9.17) is 10.8 Å². The lowest BCUT2D eigenvalue weighted by molar-refractivity contribution is -0.141. The van der Waals surface area contributed by atoms with E-state index in [9.17, 15) is 4.79 Å². The predicted octanol–water partition coefficient (Wildman–Crippen LogP) is 0.575. The summed E-state index contributed by atoms with van der Waals surface area (Å²) in [5.41, 5.74) is 7.36. The molecule has 0 bridgehead atoms. The molecule has 0 saturated heterocycles. The van der Waals surface area contributed by atoms with Crippen LogP contribution in [0.25, 0.3) is 0 Å². The Morgan fingerprint density at radius 2 is 2.38 bits per heavy atom. The van der Waals surface area contributed by atoms with E-state index < -0.39 is 11.9 Å². The number of carboxylic acids is 1. The number of aromatic nitrogens is 2. The van der Waals surface area contributed by atoms with E-state index >= 15 is 0 Å². The summed E-state index contributed by atoms with van der Waals surface area (Å²) in [5.74, 6) is -1.20. The van der Waals surface area contributed by atoms with Crippen LogP contribution in [0.3, 0.4) is 0 Å². The molecule has 0 fully saturated rings. The van der Waals surface area contributed by atoms with Crippen LogP contribution in [0.2, 0.25) is 0 Å². The highest BCUT2D eigenvalue weighted by molar-refractivity contribution is 5.70. The quantitative estimate of drug-likeness (QED) is 0.741. The molecule has 0 aliphatic heterocycles. The van der Waals surface area contributed by atoms with Gasteiger partial charge in [-0.1, -0.05) is 6.92 Å². The Balaban J connectivity index is 2.76. The van der Waals surface area contributed by atoms with Gasteiger partial charge in [0, 0.05) is 19.2 Å². The standard InChI is InChI=1S/C11H19N3O2/c1-3-9-7-10(14(2)13-9)6-8(4-5-12)11(15)16/h7-8H,3-6,12H2,1-2H3,(H,15,16). The minimum absolute atomic E-state index is 0.398. The molecular formula is C11H19N3O2. The van der Waals surface area contributed by atoms with E-state index in [0.717, 1.165) is 17.8 Å². The molecule has 1 unspecified atom stereocenters. The number of aryl methyl sites for hydroxylation is 2. The van der Waals surface area contributed by atoms with Crippen LogP contribution in [0, 0.1) is 5.92 Å². The first-order valence-electron chi connectivity index (χ1n) is 5.53. The number of nitrogens with two attached hydrogens (primary N) is 1. The first kappa shape index (κ1) is 12.7. The summed E-state index contributed by atoms with van der Waals surface area (Å²) in [6.07, 6.45) is 1.86. The van der Waals surface area contributed by atoms with Crippen LogP contribution in [0.5, 0.6) is 0 Å². The topological polar surface area (TPSA) is 81.1 Å². The number of hydrogen-bond acceptors (Lipinski definition) is 3. The summed E-state index contributed by atoms with van der Waals surface area (Å²) in [7, 11) is 1.84. The summed E-state index contributed by atoms with van der Waals surface area (Å²) < 4.78 is 1.76. The van der Waals surface area contributed by atoms with Crippen LogP contribution in [0.15, 0.2) is 6.07 Å². The highest BCUT2D eigenvalue weighted by Gasteiger charge is 2.19. The lowest BCUT2D eigenvalue weighted by Gasteiger charge is -2.10. The molecule has 0 radical (unpaired) electrons. The van der Waals surface area contributed by atoms with E-state index in [-0.39, 0.29) is 0 Å². The molecule has 5 nitrogen and oxygen atoms in total. The molecule has 0 spiro atoms. The maximum absolute atomic E-state index is 11.0. The fourth-order valence-electron chi connectivity index (χ4n) is 1.70. The van der Waals surface area contributed by atoms with Gasteiger partial charge in [0.1, 0.15) is 0 Å². The van der Waals surface area contributed by atoms with E-state index in [1.54, 1.807) is 4.68 Å². The number of aliphatic carboxylic acids is 1. The van der Waals surface area contributed by atoms with E-state index in [0.29, 0.717) is 19.4 Å². The maximum Gasteiger partial charge on any atom is 0.306 e. The number of carboxylic acid groups (broad SMARTS) is 1. The third-order valence-electron chi connectivity index (χ3n) is 2.71. The van der Waals surface area contributed by atoms with Gasteiger partial charge in [-0.15, -0.1) is 0 Å². The molecule has 90 valence electrons. The Kier molecular flexibility index (Phi) is 4.49. The molecule has 16 heavy (non-hydrogen) atoms. The summed E-state index contributed by atoms with van der Waals surface area (Å²) >= 11 is 0. The van der Waals surface area contributed by atoms with Crippen LogP contribution in [0.1, 0.15) is 24.7 Å². The molecule has 0 amide bonds. The number of carbonyl (C=O) groups is 1. The van der Waals surface area contributed by atoms with Crippen molar-refractivity contribution in [1.29, 1.82) is 0 Å². The number of nitrogens with zero attached hydrogens (tertiary/aromatic N) is 2. The molecule has 0 aliphatic carbocycles. The van der Waals surface area contributed by atoms with Gasteiger partial charge in [0.05, 0.1) is 11.6 Å². The van der Waals surface area contributed by atoms with Gasteiger partial charge in [0.2, 0.25) is 0 Å². The molecule has 0 aromatic carbocycles. The summed E-state index contributed by atoms with van der Waals surface area (Å²) in [5, 5.41) is 13.3. The zero-order valence-electron chi connectivity index (χ0n) is 9.81. The van der Waals surface area contributed by atoms with Gasteiger partial charge in [0.15, 0.2) is 0 Å². The molecule has 1 atom stereocenters. The third-order valence-corrected chi connectivity index (χ3v) is 2.71. The average molecular weight is 225 g/mol. The Labute approximate surface area is 95.3 Å². The van der Waals surface area contributed by atoms with E-state index in [1.165, 1.54) is 0 Å². The zero-order chi connectivity index (χ0) is 12.1. The zero-order valence-corrected chi connectivity index (χ0v) is 9.81. The second kappa shape index (κ2) is 5.65.